The van der Waals surface area contributed by atoms with Gasteiger partial charge in [-0.2, -0.15) is 0 Å². The van der Waals surface area contributed by atoms with Crippen LogP contribution in [-0.4, -0.2) is 55.3 Å². The highest BCUT2D eigenvalue weighted by molar-refractivity contribution is 7.14. The molecule has 24 heavy (non-hydrogen) atoms. The van der Waals surface area contributed by atoms with Crippen molar-refractivity contribution < 1.29 is 4.74 Å². The minimum Gasteiger partial charge on any atom is -0.378 e. The van der Waals surface area contributed by atoms with Crippen LogP contribution in [0.1, 0.15) is 6.42 Å². The predicted octanol–water partition coefficient (Wildman–Crippen LogP) is 1.80. The number of nitrogens with zero attached hydrogens (tertiary/aromatic N) is 4. The van der Waals surface area contributed by atoms with Crippen molar-refractivity contribution in [3.8, 4) is 11.4 Å². The molecule has 8 heteroatoms. The van der Waals surface area contributed by atoms with Gasteiger partial charge in [-0.15, -0.1) is 11.3 Å². The Morgan fingerprint density at radius 3 is 2.92 bits per heavy atom. The number of ether oxygens (including phenoxy) is 1. The Morgan fingerprint density at radius 2 is 2.08 bits per heavy atom. The lowest BCUT2D eigenvalue weighted by Crippen LogP contribution is -2.36. The van der Waals surface area contributed by atoms with Gasteiger partial charge >= 0.3 is 0 Å². The molecule has 2 aliphatic heterocycles. The fourth-order valence-electron chi connectivity index (χ4n) is 2.70. The second-order valence-electron chi connectivity index (χ2n) is 5.65. The summed E-state index contributed by atoms with van der Waals surface area (Å²) in [5.41, 5.74) is 1.77. The number of pyridine rings is 1. The summed E-state index contributed by atoms with van der Waals surface area (Å²) in [7, 11) is 0. The van der Waals surface area contributed by atoms with Gasteiger partial charge in [-0.1, -0.05) is 6.07 Å². The molecule has 7 nitrogen and oxygen atoms in total. The molecule has 0 bridgehead atoms. The maximum absolute atomic E-state index is 5.41. The van der Waals surface area contributed by atoms with Crippen LogP contribution in [0.25, 0.3) is 11.4 Å². The zero-order chi connectivity index (χ0) is 16.2. The fraction of sp³-hybridized carbons (Fsp3) is 0.438. The molecule has 0 aliphatic carbocycles. The quantitative estimate of drug-likeness (QED) is 0.884. The van der Waals surface area contributed by atoms with Crippen molar-refractivity contribution >= 4 is 28.2 Å². The largest absolute Gasteiger partial charge is 0.378 e. The van der Waals surface area contributed by atoms with Crippen molar-refractivity contribution in [2.24, 2.45) is 4.99 Å². The first kappa shape index (κ1) is 15.3. The molecule has 0 spiro atoms. The van der Waals surface area contributed by atoms with E-state index in [1.165, 1.54) is 0 Å². The first-order chi connectivity index (χ1) is 11.9. The van der Waals surface area contributed by atoms with Crippen molar-refractivity contribution in [1.29, 1.82) is 0 Å². The summed E-state index contributed by atoms with van der Waals surface area (Å²) in [5, 5.41) is 9.34. The lowest BCUT2D eigenvalue weighted by molar-refractivity contribution is 0.122. The number of nitrogens with one attached hydrogen (secondary N) is 2. The van der Waals surface area contributed by atoms with Gasteiger partial charge in [0.25, 0.3) is 0 Å². The number of aromatic nitrogens is 2. The van der Waals surface area contributed by atoms with Crippen molar-refractivity contribution in [3.63, 3.8) is 0 Å². The molecule has 0 radical (unpaired) electrons. The van der Waals surface area contributed by atoms with Gasteiger partial charge in [-0.05, 0) is 18.6 Å². The molecule has 4 heterocycles. The molecule has 0 atom stereocenters. The average Bonchev–Trinajstić information content (AvgIpc) is 3.12. The van der Waals surface area contributed by atoms with E-state index in [9.17, 15) is 0 Å². The number of guanidine groups is 1. The van der Waals surface area contributed by atoms with Crippen molar-refractivity contribution in [2.75, 3.05) is 49.6 Å². The molecular weight excluding hydrogens is 324 g/mol. The average molecular weight is 344 g/mol. The van der Waals surface area contributed by atoms with Crippen LogP contribution in [-0.2, 0) is 4.74 Å². The number of anilines is 2. The Labute approximate surface area is 144 Å². The van der Waals surface area contributed by atoms with Crippen LogP contribution in [0.15, 0.2) is 28.6 Å². The molecule has 4 rings (SSSR count). The Balaban J connectivity index is 1.50. The molecule has 1 saturated heterocycles. The monoisotopic (exact) mass is 344 g/mol. The summed E-state index contributed by atoms with van der Waals surface area (Å²) in [5.74, 6) is 1.79. The van der Waals surface area contributed by atoms with Gasteiger partial charge in [0.15, 0.2) is 11.1 Å². The predicted molar refractivity (Wildman–Crippen MR) is 96.9 cm³/mol. The highest BCUT2D eigenvalue weighted by atomic mass is 32.1. The highest BCUT2D eigenvalue weighted by Crippen LogP contribution is 2.25. The SMILES string of the molecule is c1cc(-c2csc(NC3=NCCCN3)n2)nc(N2CCOCC2)c1. The lowest BCUT2D eigenvalue weighted by atomic mass is 10.3. The highest BCUT2D eigenvalue weighted by Gasteiger charge is 2.14. The molecule has 0 unspecified atom stereocenters. The Kier molecular flexibility index (Phi) is 4.57. The minimum atomic E-state index is 0.756. The van der Waals surface area contributed by atoms with Crippen LogP contribution < -0.4 is 15.5 Å². The zero-order valence-electron chi connectivity index (χ0n) is 13.4. The third kappa shape index (κ3) is 3.49. The number of morpholine rings is 1. The van der Waals surface area contributed by atoms with Gasteiger partial charge in [-0.3, -0.25) is 4.99 Å². The van der Waals surface area contributed by atoms with E-state index in [0.29, 0.717) is 0 Å². The number of thiazole rings is 1. The molecule has 1 fully saturated rings. The summed E-state index contributed by atoms with van der Waals surface area (Å²) in [6.07, 6.45) is 1.08. The van der Waals surface area contributed by atoms with E-state index in [1.54, 1.807) is 11.3 Å². The second-order valence-corrected chi connectivity index (χ2v) is 6.51. The summed E-state index contributed by atoms with van der Waals surface area (Å²) >= 11 is 1.56. The fourth-order valence-corrected chi connectivity index (χ4v) is 3.40. The Morgan fingerprint density at radius 1 is 1.17 bits per heavy atom. The molecule has 2 aromatic rings. The molecule has 2 aliphatic rings. The normalized spacial score (nSPS) is 18.0. The van der Waals surface area contributed by atoms with Gasteiger partial charge in [0.1, 0.15) is 11.5 Å². The summed E-state index contributed by atoms with van der Waals surface area (Å²) in [6, 6.07) is 6.08. The third-order valence-corrected chi connectivity index (χ3v) is 4.72. The van der Waals surface area contributed by atoms with Crippen LogP contribution in [0.4, 0.5) is 10.9 Å². The second kappa shape index (κ2) is 7.14. The standard InChI is InChI=1S/C16H20N6OS/c1-3-12(19-14(4-1)22-7-9-23-10-8-22)13-11-24-16(20-13)21-15-17-5-2-6-18-15/h1,3-4,11H,2,5-10H2,(H2,17,18,20,21). The van der Waals surface area contributed by atoms with Crippen LogP contribution in [0, 0.1) is 0 Å². The van der Waals surface area contributed by atoms with E-state index in [1.807, 2.05) is 23.6 Å². The zero-order valence-corrected chi connectivity index (χ0v) is 14.2. The summed E-state index contributed by atoms with van der Waals surface area (Å²) < 4.78 is 5.41. The molecule has 126 valence electrons. The van der Waals surface area contributed by atoms with Crippen molar-refractivity contribution in [3.05, 3.63) is 23.6 Å². The van der Waals surface area contributed by atoms with E-state index in [-0.39, 0.29) is 0 Å². The van der Waals surface area contributed by atoms with E-state index in [2.05, 4.69) is 25.5 Å². The number of rotatable bonds is 3. The van der Waals surface area contributed by atoms with E-state index >= 15 is 0 Å². The Bertz CT molecular complexity index is 725. The van der Waals surface area contributed by atoms with Gasteiger partial charge in [-0.25, -0.2) is 9.97 Å². The third-order valence-electron chi connectivity index (χ3n) is 3.96. The van der Waals surface area contributed by atoms with E-state index in [0.717, 1.165) is 74.1 Å². The van der Waals surface area contributed by atoms with Gasteiger partial charge in [0.05, 0.1) is 18.9 Å². The first-order valence-electron chi connectivity index (χ1n) is 8.19. The molecule has 2 N–H and O–H groups in total. The van der Waals surface area contributed by atoms with Crippen molar-refractivity contribution in [1.82, 2.24) is 15.3 Å². The summed E-state index contributed by atoms with van der Waals surface area (Å²) in [4.78, 5) is 16.1. The van der Waals surface area contributed by atoms with Crippen LogP contribution in [0.3, 0.4) is 0 Å². The maximum atomic E-state index is 5.41. The minimum absolute atomic E-state index is 0.756. The number of hydrogen-bond acceptors (Lipinski definition) is 8. The van der Waals surface area contributed by atoms with Crippen LogP contribution in [0.2, 0.25) is 0 Å². The van der Waals surface area contributed by atoms with Crippen molar-refractivity contribution in [2.45, 2.75) is 6.42 Å². The molecule has 0 aromatic carbocycles. The molecule has 0 saturated carbocycles. The van der Waals surface area contributed by atoms with Gasteiger partial charge in [0, 0.05) is 31.6 Å². The van der Waals surface area contributed by atoms with Gasteiger partial charge in [0.2, 0.25) is 0 Å². The molecular formula is C16H20N6OS. The number of hydrogen-bond donors (Lipinski definition) is 2. The summed E-state index contributed by atoms with van der Waals surface area (Å²) in [6.45, 7) is 5.08. The van der Waals surface area contributed by atoms with Crippen LogP contribution in [0.5, 0.6) is 0 Å². The maximum Gasteiger partial charge on any atom is 0.197 e. The number of aliphatic imine (C=N–C) groups is 1. The lowest BCUT2D eigenvalue weighted by Gasteiger charge is -2.27. The van der Waals surface area contributed by atoms with Gasteiger partial charge < -0.3 is 20.3 Å². The smallest absolute Gasteiger partial charge is 0.197 e. The Hall–Kier alpha value is -2.19. The van der Waals surface area contributed by atoms with E-state index < -0.39 is 0 Å². The van der Waals surface area contributed by atoms with Crippen LogP contribution >= 0.6 is 11.3 Å². The van der Waals surface area contributed by atoms with E-state index in [4.69, 9.17) is 9.72 Å². The molecule has 0 amide bonds. The topological polar surface area (TPSA) is 74.7 Å². The molecule has 2 aromatic heterocycles. The first-order valence-corrected chi connectivity index (χ1v) is 9.07.